The molecule has 3 aromatic rings. The zero-order valence-electron chi connectivity index (χ0n) is 29.9. The first-order valence-corrected chi connectivity index (χ1v) is 18.3. The first-order valence-electron chi connectivity index (χ1n) is 18.0. The van der Waals surface area contributed by atoms with Crippen LogP contribution in [0.2, 0.25) is 5.02 Å². The Kier molecular flexibility index (Phi) is 12.0. The molecule has 2 aromatic carbocycles. The number of aliphatic hydroxyl groups is 3. The van der Waals surface area contributed by atoms with E-state index in [1.54, 1.807) is 24.4 Å². The monoisotopic (exact) mass is 728 g/mol. The van der Waals surface area contributed by atoms with Gasteiger partial charge in [-0.15, -0.1) is 0 Å². The van der Waals surface area contributed by atoms with Gasteiger partial charge in [0.25, 0.3) is 0 Å². The highest BCUT2D eigenvalue weighted by Crippen LogP contribution is 2.53. The summed E-state index contributed by atoms with van der Waals surface area (Å²) in [4.78, 5) is 6.51. The van der Waals surface area contributed by atoms with Gasteiger partial charge >= 0.3 is 0 Å². The molecule has 1 saturated heterocycles. The molecular formula is C41H49ClN4O6. The van der Waals surface area contributed by atoms with Gasteiger partial charge in [0.1, 0.15) is 36.4 Å². The number of ether oxygens (including phenoxy) is 3. The molecule has 2 atom stereocenters. The SMILES string of the molecule is CC1(C)C(c2ccccc2)=CC=C[C@@]1(COc1cc(OCc2cncc(C#N)c2)c(CNC(CO)CO)cc1Cl)OCC1(CN2CCC(O)C2)CC1. The van der Waals surface area contributed by atoms with Crippen LogP contribution in [-0.4, -0.2) is 89.0 Å². The minimum atomic E-state index is -0.865. The summed E-state index contributed by atoms with van der Waals surface area (Å²) in [7, 11) is 0. The average Bonchev–Trinajstić information content (AvgIpc) is 3.80. The van der Waals surface area contributed by atoms with Crippen molar-refractivity contribution in [3.05, 3.63) is 106 Å². The number of benzene rings is 2. The zero-order valence-corrected chi connectivity index (χ0v) is 30.7. The maximum atomic E-state index is 10.2. The van der Waals surface area contributed by atoms with Crippen LogP contribution >= 0.6 is 11.6 Å². The van der Waals surface area contributed by atoms with E-state index in [-0.39, 0.29) is 44.5 Å². The summed E-state index contributed by atoms with van der Waals surface area (Å²) in [6.45, 7) is 7.56. The summed E-state index contributed by atoms with van der Waals surface area (Å²) in [5, 5.41) is 42.3. The van der Waals surface area contributed by atoms with E-state index in [9.17, 15) is 20.6 Å². The van der Waals surface area contributed by atoms with Crippen LogP contribution < -0.4 is 14.8 Å². The van der Waals surface area contributed by atoms with Crippen LogP contribution in [0.4, 0.5) is 0 Å². The van der Waals surface area contributed by atoms with Crippen LogP contribution in [0.1, 0.15) is 55.4 Å². The molecule has 1 aliphatic heterocycles. The molecule has 10 nitrogen and oxygen atoms in total. The molecule has 0 spiro atoms. The standard InChI is InChI=1S/C41H49ClN4O6/c1-39(2)35(31-7-4-3-5-8-31)9-6-11-41(39,52-27-40(12-13-40)26-46-14-10-34(49)22-46)28-51-38-17-37(50-25-30-15-29(18-43)19-44-20-30)32(16-36(38)42)21-45-33(23-47)24-48/h3-9,11,15-17,19-20,33-34,45,47-49H,10,12-14,21-28H2,1-2H3/t34?,41-/m0/s1. The van der Waals surface area contributed by atoms with Crippen LogP contribution in [0.5, 0.6) is 11.5 Å². The molecule has 52 heavy (non-hydrogen) atoms. The average molecular weight is 729 g/mol. The van der Waals surface area contributed by atoms with E-state index in [0.29, 0.717) is 40.8 Å². The lowest BCUT2D eigenvalue weighted by atomic mass is 9.65. The van der Waals surface area contributed by atoms with Crippen molar-refractivity contribution >= 4 is 17.2 Å². The van der Waals surface area contributed by atoms with Gasteiger partial charge in [0.05, 0.1) is 42.6 Å². The molecule has 0 bridgehead atoms. The van der Waals surface area contributed by atoms with Gasteiger partial charge < -0.3 is 39.7 Å². The number of nitrogens with one attached hydrogen (secondary N) is 1. The highest BCUT2D eigenvalue weighted by Gasteiger charge is 2.53. The Morgan fingerprint density at radius 2 is 1.85 bits per heavy atom. The third-order valence-electron chi connectivity index (χ3n) is 10.7. The number of nitrogens with zero attached hydrogens (tertiary/aromatic N) is 3. The molecular weight excluding hydrogens is 680 g/mol. The quantitative estimate of drug-likeness (QED) is 0.145. The van der Waals surface area contributed by atoms with Crippen molar-refractivity contribution in [3.63, 3.8) is 0 Å². The first kappa shape index (κ1) is 38.0. The Morgan fingerprint density at radius 1 is 1.06 bits per heavy atom. The Hall–Kier alpha value is -3.79. The van der Waals surface area contributed by atoms with Crippen molar-refractivity contribution in [1.29, 1.82) is 5.26 Å². The van der Waals surface area contributed by atoms with Gasteiger partial charge in [0.2, 0.25) is 0 Å². The van der Waals surface area contributed by atoms with E-state index in [0.717, 1.165) is 49.1 Å². The van der Waals surface area contributed by atoms with Crippen LogP contribution in [0.3, 0.4) is 0 Å². The van der Waals surface area contributed by atoms with Gasteiger partial charge in [-0.05, 0) is 48.6 Å². The molecule has 2 heterocycles. The summed E-state index contributed by atoms with van der Waals surface area (Å²) in [6, 6.07) is 17.2. The molecule has 3 aliphatic rings. The number of hydrogen-bond acceptors (Lipinski definition) is 10. The van der Waals surface area contributed by atoms with Crippen molar-refractivity contribution in [1.82, 2.24) is 15.2 Å². The van der Waals surface area contributed by atoms with Crippen LogP contribution in [0, 0.1) is 22.2 Å². The first-order chi connectivity index (χ1) is 25.1. The van der Waals surface area contributed by atoms with E-state index in [1.807, 2.05) is 18.2 Å². The number of pyridine rings is 1. The van der Waals surface area contributed by atoms with Gasteiger partial charge in [-0.1, -0.05) is 67.9 Å². The molecule has 2 fully saturated rings. The van der Waals surface area contributed by atoms with Crippen molar-refractivity contribution < 1.29 is 29.5 Å². The largest absolute Gasteiger partial charge is 0.488 e. The molecule has 1 aromatic heterocycles. The molecule has 2 aliphatic carbocycles. The fraction of sp³-hybridized carbons (Fsp3) is 0.463. The third kappa shape index (κ3) is 8.70. The second-order valence-corrected chi connectivity index (χ2v) is 15.3. The summed E-state index contributed by atoms with van der Waals surface area (Å²) < 4.78 is 20.1. The van der Waals surface area contributed by atoms with Crippen molar-refractivity contribution in [2.75, 3.05) is 46.1 Å². The molecule has 0 radical (unpaired) electrons. The number of hydrogen-bond donors (Lipinski definition) is 4. The lowest BCUT2D eigenvalue weighted by Crippen LogP contribution is -2.53. The van der Waals surface area contributed by atoms with Crippen LogP contribution in [-0.2, 0) is 17.9 Å². The topological polar surface area (TPSA) is 140 Å². The lowest BCUT2D eigenvalue weighted by molar-refractivity contribution is -0.108. The number of halogens is 1. The lowest BCUT2D eigenvalue weighted by Gasteiger charge is -2.48. The number of nitriles is 1. The second kappa shape index (κ2) is 16.5. The highest BCUT2D eigenvalue weighted by molar-refractivity contribution is 6.32. The fourth-order valence-electron chi connectivity index (χ4n) is 7.13. The van der Waals surface area contributed by atoms with Crippen LogP contribution in [0.15, 0.2) is 79.2 Å². The second-order valence-electron chi connectivity index (χ2n) is 14.9. The maximum Gasteiger partial charge on any atom is 0.141 e. The molecule has 0 amide bonds. The number of aliphatic hydroxyl groups excluding tert-OH is 3. The zero-order chi connectivity index (χ0) is 36.8. The van der Waals surface area contributed by atoms with E-state index in [1.165, 1.54) is 6.20 Å². The minimum absolute atomic E-state index is 0.0288. The summed E-state index contributed by atoms with van der Waals surface area (Å²) in [5.41, 5.74) is 2.76. The normalized spacial score (nSPS) is 21.9. The Bertz CT molecular complexity index is 1790. The van der Waals surface area contributed by atoms with Gasteiger partial charge in [-0.3, -0.25) is 4.98 Å². The van der Waals surface area contributed by atoms with E-state index < -0.39 is 17.1 Å². The molecule has 1 saturated carbocycles. The molecule has 276 valence electrons. The predicted octanol–water partition coefficient (Wildman–Crippen LogP) is 5.29. The predicted molar refractivity (Wildman–Crippen MR) is 200 cm³/mol. The molecule has 1 unspecified atom stereocenters. The van der Waals surface area contributed by atoms with E-state index in [2.05, 4.69) is 65.5 Å². The third-order valence-corrected chi connectivity index (χ3v) is 11.0. The number of rotatable bonds is 17. The molecule has 11 heteroatoms. The number of allylic oxidation sites excluding steroid dienone is 2. The van der Waals surface area contributed by atoms with Crippen molar-refractivity contribution in [2.45, 2.75) is 64.0 Å². The summed E-state index contributed by atoms with van der Waals surface area (Å²) in [6.07, 6.45) is 12.2. The Labute approximate surface area is 311 Å². The number of β-amino-alcohol motifs (C(OH)–C–C–N with tert-alkyl or cyclic N) is 1. The van der Waals surface area contributed by atoms with Crippen molar-refractivity contribution in [2.24, 2.45) is 10.8 Å². The Balaban J connectivity index is 1.28. The number of aromatic nitrogens is 1. The van der Waals surface area contributed by atoms with Crippen molar-refractivity contribution in [3.8, 4) is 17.6 Å². The smallest absolute Gasteiger partial charge is 0.141 e. The van der Waals surface area contributed by atoms with Gasteiger partial charge in [0, 0.05) is 66.6 Å². The summed E-state index contributed by atoms with van der Waals surface area (Å²) >= 11 is 6.92. The minimum Gasteiger partial charge on any atom is -0.488 e. The molecule has 6 rings (SSSR count). The number of likely N-dealkylation sites (tertiary alicyclic amines) is 1. The van der Waals surface area contributed by atoms with Gasteiger partial charge in [0.15, 0.2) is 0 Å². The summed E-state index contributed by atoms with van der Waals surface area (Å²) in [5.74, 6) is 0.910. The highest BCUT2D eigenvalue weighted by atomic mass is 35.5. The fourth-order valence-corrected chi connectivity index (χ4v) is 7.37. The van der Waals surface area contributed by atoms with Gasteiger partial charge in [-0.2, -0.15) is 5.26 Å². The van der Waals surface area contributed by atoms with E-state index in [4.69, 9.17) is 25.8 Å². The maximum absolute atomic E-state index is 10.2. The molecule has 4 N–H and O–H groups in total. The van der Waals surface area contributed by atoms with Crippen LogP contribution in [0.25, 0.3) is 5.57 Å². The Morgan fingerprint density at radius 3 is 2.54 bits per heavy atom. The van der Waals surface area contributed by atoms with E-state index >= 15 is 0 Å². The van der Waals surface area contributed by atoms with Gasteiger partial charge in [-0.25, -0.2) is 0 Å².